The molecule has 1 atom stereocenters. The largest absolute Gasteiger partial charge is 0.494 e. The molecule has 1 heterocycles. The van der Waals surface area contributed by atoms with Crippen LogP contribution in [0.5, 0.6) is 5.75 Å². The molecule has 1 aromatic heterocycles. The number of halogens is 1. The first-order chi connectivity index (χ1) is 10.9. The van der Waals surface area contributed by atoms with E-state index in [1.807, 2.05) is 0 Å². The molecule has 0 aliphatic rings. The highest BCUT2D eigenvalue weighted by atomic mass is 19.1. The maximum atomic E-state index is 13.7. The highest BCUT2D eigenvalue weighted by Crippen LogP contribution is 2.21. The van der Waals surface area contributed by atoms with Gasteiger partial charge in [0.25, 0.3) is 11.1 Å². The quantitative estimate of drug-likeness (QED) is 0.751. The number of H-pyrrole nitrogens is 2. The molecule has 2 aromatic rings. The van der Waals surface area contributed by atoms with E-state index < -0.39 is 28.9 Å². The van der Waals surface area contributed by atoms with E-state index in [0.717, 1.165) is 6.07 Å². The third-order valence-corrected chi connectivity index (χ3v) is 3.30. The summed E-state index contributed by atoms with van der Waals surface area (Å²) in [6, 6.07) is 4.96. The molecule has 7 nitrogen and oxygen atoms in total. The van der Waals surface area contributed by atoms with Crippen LogP contribution in [0.3, 0.4) is 0 Å². The molecule has 3 N–H and O–H groups in total. The Balaban J connectivity index is 2.07. The Morgan fingerprint density at radius 2 is 2.04 bits per heavy atom. The number of rotatable bonds is 5. The molecular weight excluding hydrogens is 305 g/mol. The molecular formula is C15H16FN3O4. The summed E-state index contributed by atoms with van der Waals surface area (Å²) in [6.45, 7) is 1.68. The fourth-order valence-electron chi connectivity index (χ4n) is 2.09. The van der Waals surface area contributed by atoms with Crippen molar-refractivity contribution in [1.29, 1.82) is 0 Å². The molecule has 0 saturated heterocycles. The SMILES string of the molecule is COc1ccc([C@H](C)NC(=O)Cc2cc(=O)[nH][nH]c2=O)cc1F. The molecule has 23 heavy (non-hydrogen) atoms. The van der Waals surface area contributed by atoms with E-state index >= 15 is 0 Å². The molecule has 8 heteroatoms. The summed E-state index contributed by atoms with van der Waals surface area (Å²) in [7, 11) is 1.36. The van der Waals surface area contributed by atoms with Crippen molar-refractivity contribution in [3.8, 4) is 5.75 Å². The van der Waals surface area contributed by atoms with Gasteiger partial charge in [0.15, 0.2) is 11.6 Å². The number of amides is 1. The Morgan fingerprint density at radius 1 is 1.30 bits per heavy atom. The smallest absolute Gasteiger partial charge is 0.266 e. The first-order valence-corrected chi connectivity index (χ1v) is 6.84. The Kier molecular flexibility index (Phi) is 4.95. The normalized spacial score (nSPS) is 11.8. The van der Waals surface area contributed by atoms with E-state index in [1.165, 1.54) is 19.2 Å². The van der Waals surface area contributed by atoms with Crippen LogP contribution in [0.1, 0.15) is 24.1 Å². The average molecular weight is 321 g/mol. The minimum Gasteiger partial charge on any atom is -0.494 e. The topological polar surface area (TPSA) is 104 Å². The average Bonchev–Trinajstić information content (AvgIpc) is 2.50. The number of nitrogens with one attached hydrogen (secondary N) is 3. The number of hydrogen-bond acceptors (Lipinski definition) is 4. The van der Waals surface area contributed by atoms with Gasteiger partial charge in [-0.25, -0.2) is 4.39 Å². The molecule has 1 amide bonds. The number of aromatic nitrogens is 2. The molecule has 0 fully saturated rings. The van der Waals surface area contributed by atoms with Gasteiger partial charge in [0, 0.05) is 11.6 Å². The first-order valence-electron chi connectivity index (χ1n) is 6.84. The molecule has 0 saturated carbocycles. The number of carbonyl (C=O) groups excluding carboxylic acids is 1. The minimum absolute atomic E-state index is 0.0550. The van der Waals surface area contributed by atoms with Crippen molar-refractivity contribution < 1.29 is 13.9 Å². The lowest BCUT2D eigenvalue weighted by Crippen LogP contribution is -2.31. The van der Waals surface area contributed by atoms with Crippen LogP contribution in [-0.2, 0) is 11.2 Å². The summed E-state index contributed by atoms with van der Waals surface area (Å²) >= 11 is 0. The number of carbonyl (C=O) groups is 1. The Morgan fingerprint density at radius 3 is 2.70 bits per heavy atom. The lowest BCUT2D eigenvalue weighted by Gasteiger charge is -2.15. The van der Waals surface area contributed by atoms with Crippen LogP contribution in [-0.4, -0.2) is 23.2 Å². The zero-order valence-electron chi connectivity index (χ0n) is 12.6. The maximum Gasteiger partial charge on any atom is 0.266 e. The van der Waals surface area contributed by atoms with Crippen LogP contribution in [0, 0.1) is 5.82 Å². The van der Waals surface area contributed by atoms with E-state index in [2.05, 4.69) is 15.5 Å². The molecule has 122 valence electrons. The minimum atomic E-state index is -0.539. The van der Waals surface area contributed by atoms with Crippen LogP contribution < -0.4 is 21.2 Å². The maximum absolute atomic E-state index is 13.7. The Bertz CT molecular complexity index is 828. The van der Waals surface area contributed by atoms with E-state index in [4.69, 9.17) is 4.74 Å². The number of aromatic amines is 2. The van der Waals surface area contributed by atoms with Crippen LogP contribution >= 0.6 is 0 Å². The van der Waals surface area contributed by atoms with Crippen molar-refractivity contribution in [2.75, 3.05) is 7.11 Å². The number of methoxy groups -OCH3 is 1. The number of ether oxygens (including phenoxy) is 1. The second-order valence-electron chi connectivity index (χ2n) is 4.97. The predicted molar refractivity (Wildman–Crippen MR) is 80.9 cm³/mol. The van der Waals surface area contributed by atoms with Crippen LogP contribution in [0.4, 0.5) is 4.39 Å². The Labute approximate surface area is 130 Å². The fourth-order valence-corrected chi connectivity index (χ4v) is 2.09. The van der Waals surface area contributed by atoms with Crippen molar-refractivity contribution in [1.82, 2.24) is 15.5 Å². The monoisotopic (exact) mass is 321 g/mol. The van der Waals surface area contributed by atoms with Gasteiger partial charge in [-0.15, -0.1) is 0 Å². The lowest BCUT2D eigenvalue weighted by molar-refractivity contribution is -0.121. The lowest BCUT2D eigenvalue weighted by atomic mass is 10.1. The fraction of sp³-hybridized carbons (Fsp3) is 0.267. The van der Waals surface area contributed by atoms with Crippen LogP contribution in [0.15, 0.2) is 33.9 Å². The van der Waals surface area contributed by atoms with Crippen LogP contribution in [0.2, 0.25) is 0 Å². The van der Waals surface area contributed by atoms with Crippen molar-refractivity contribution >= 4 is 5.91 Å². The number of hydrogen-bond donors (Lipinski definition) is 3. The summed E-state index contributed by atoms with van der Waals surface area (Å²) in [6.07, 6.45) is -0.248. The standard InChI is InChI=1S/C15H16FN3O4/c1-8(9-3-4-12(23-2)11(16)5-9)17-13(20)6-10-7-14(21)18-19-15(10)22/h3-5,7-8H,6H2,1-2H3,(H,17,20)(H,18,21)(H,19,22)/t8-/m0/s1. The summed E-state index contributed by atoms with van der Waals surface area (Å²) in [5.74, 6) is -0.871. The predicted octanol–water partition coefficient (Wildman–Crippen LogP) is 0.631. The van der Waals surface area contributed by atoms with Crippen molar-refractivity contribution in [3.05, 3.63) is 61.9 Å². The molecule has 0 spiro atoms. The summed E-state index contributed by atoms with van der Waals surface area (Å²) in [5, 5.41) is 6.91. The molecule has 0 unspecified atom stereocenters. The molecule has 2 rings (SSSR count). The highest BCUT2D eigenvalue weighted by molar-refractivity contribution is 5.78. The molecule has 0 radical (unpaired) electrons. The summed E-state index contributed by atoms with van der Waals surface area (Å²) in [4.78, 5) is 34.6. The second kappa shape index (κ2) is 6.91. The third-order valence-electron chi connectivity index (χ3n) is 3.30. The van der Waals surface area contributed by atoms with Crippen molar-refractivity contribution in [2.24, 2.45) is 0 Å². The van der Waals surface area contributed by atoms with Gasteiger partial charge >= 0.3 is 0 Å². The third kappa shape index (κ3) is 4.06. The van der Waals surface area contributed by atoms with Gasteiger partial charge in [0.05, 0.1) is 19.6 Å². The van der Waals surface area contributed by atoms with Crippen LogP contribution in [0.25, 0.3) is 0 Å². The van der Waals surface area contributed by atoms with Gasteiger partial charge < -0.3 is 10.1 Å². The van der Waals surface area contributed by atoms with Gasteiger partial charge in [-0.05, 0) is 24.6 Å². The van der Waals surface area contributed by atoms with E-state index in [-0.39, 0.29) is 17.7 Å². The van der Waals surface area contributed by atoms with Crippen molar-refractivity contribution in [3.63, 3.8) is 0 Å². The van der Waals surface area contributed by atoms with E-state index in [0.29, 0.717) is 5.56 Å². The van der Waals surface area contributed by atoms with Gasteiger partial charge in [0.2, 0.25) is 5.91 Å². The highest BCUT2D eigenvalue weighted by Gasteiger charge is 2.14. The zero-order chi connectivity index (χ0) is 17.0. The van der Waals surface area contributed by atoms with Gasteiger partial charge in [-0.3, -0.25) is 24.6 Å². The molecule has 1 aromatic carbocycles. The molecule has 0 aliphatic heterocycles. The second-order valence-corrected chi connectivity index (χ2v) is 4.97. The first kappa shape index (κ1) is 16.5. The van der Waals surface area contributed by atoms with Crippen molar-refractivity contribution in [2.45, 2.75) is 19.4 Å². The van der Waals surface area contributed by atoms with E-state index in [1.54, 1.807) is 13.0 Å². The zero-order valence-corrected chi connectivity index (χ0v) is 12.6. The van der Waals surface area contributed by atoms with Gasteiger partial charge in [0.1, 0.15) is 0 Å². The molecule has 0 aliphatic carbocycles. The number of benzene rings is 1. The Hall–Kier alpha value is -2.90. The summed E-state index contributed by atoms with van der Waals surface area (Å²) < 4.78 is 18.5. The van der Waals surface area contributed by atoms with Gasteiger partial charge in [-0.1, -0.05) is 6.07 Å². The molecule has 0 bridgehead atoms. The van der Waals surface area contributed by atoms with E-state index in [9.17, 15) is 18.8 Å². The van der Waals surface area contributed by atoms with Gasteiger partial charge in [-0.2, -0.15) is 0 Å². The summed E-state index contributed by atoms with van der Waals surface area (Å²) in [5.41, 5.74) is -0.434.